The van der Waals surface area contributed by atoms with Crippen molar-refractivity contribution in [2.75, 3.05) is 0 Å². The summed E-state index contributed by atoms with van der Waals surface area (Å²) in [6.07, 6.45) is 0. The van der Waals surface area contributed by atoms with Crippen molar-refractivity contribution in [2.24, 2.45) is 0 Å². The normalized spacial score (nSPS) is 5.67. The second-order valence-corrected chi connectivity index (χ2v) is 0.830. The number of carboxylic acids is 2. The fourth-order valence-electron chi connectivity index (χ4n) is 0. The Morgan fingerprint density at radius 1 is 1.33 bits per heavy atom. The molecular weight excluding hydrogens is 187 g/mol. The zero-order chi connectivity index (χ0) is 8.73. The van der Waals surface area contributed by atoms with Gasteiger partial charge in [-0.1, -0.05) is 0 Å². The Balaban J connectivity index is -0.0000000483. The predicted molar refractivity (Wildman–Crippen MR) is 26.4 cm³/mol. The zero-order valence-corrected chi connectivity index (χ0v) is 8.09. The largest absolute Gasteiger partial charge is 1.00 e. The first-order valence-electron chi connectivity index (χ1n) is 1.65. The van der Waals surface area contributed by atoms with Gasteiger partial charge in [-0.3, -0.25) is 0 Å². The van der Waals surface area contributed by atoms with Gasteiger partial charge in [-0.15, -0.1) is 10.1 Å². The van der Waals surface area contributed by atoms with Crippen molar-refractivity contribution >= 4 is 11.9 Å². The summed E-state index contributed by atoms with van der Waals surface area (Å²) in [4.78, 5) is 26.4. The SMILES string of the molecule is N.O=C([O-])C(=O)O.O=[N+]([O-])O.[Na+]. The molecule has 0 fully saturated rings. The van der Waals surface area contributed by atoms with E-state index in [0.29, 0.717) is 0 Å². The Morgan fingerprint density at radius 2 is 1.42 bits per heavy atom. The van der Waals surface area contributed by atoms with Crippen molar-refractivity contribution in [3.8, 4) is 0 Å². The molecular formula is C2H5N2NaO7. The quantitative estimate of drug-likeness (QED) is 0.147. The molecule has 0 bridgehead atoms. The van der Waals surface area contributed by atoms with E-state index in [0.717, 1.165) is 0 Å². The molecule has 0 atom stereocenters. The molecule has 0 aliphatic heterocycles. The minimum Gasteiger partial charge on any atom is -0.539 e. The van der Waals surface area contributed by atoms with Gasteiger partial charge in [-0.05, 0) is 0 Å². The van der Waals surface area contributed by atoms with E-state index in [1.165, 1.54) is 0 Å². The minimum atomic E-state index is -2.07. The third-order valence-electron chi connectivity index (χ3n) is 0.175. The third kappa shape index (κ3) is 62.1. The van der Waals surface area contributed by atoms with Crippen molar-refractivity contribution < 1.29 is 59.7 Å². The molecule has 0 radical (unpaired) electrons. The van der Waals surface area contributed by atoms with Gasteiger partial charge in [0, 0.05) is 0 Å². The maximum Gasteiger partial charge on any atom is 1.00 e. The van der Waals surface area contributed by atoms with Crippen LogP contribution in [-0.4, -0.2) is 27.3 Å². The van der Waals surface area contributed by atoms with Gasteiger partial charge in [0.25, 0.3) is 5.09 Å². The number of carboxylic acid groups (broad SMARTS) is 2. The van der Waals surface area contributed by atoms with E-state index in [9.17, 15) is 0 Å². The molecule has 0 aliphatic rings. The first kappa shape index (κ1) is 22.5. The van der Waals surface area contributed by atoms with Crippen LogP contribution in [-0.2, 0) is 9.59 Å². The molecule has 10 heteroatoms. The number of nitrogens with zero attached hydrogens (tertiary/aromatic N) is 1. The van der Waals surface area contributed by atoms with Crippen LogP contribution in [0.3, 0.4) is 0 Å². The van der Waals surface area contributed by atoms with Gasteiger partial charge in [0.1, 0.15) is 0 Å². The molecule has 0 aromatic carbocycles. The molecule has 66 valence electrons. The van der Waals surface area contributed by atoms with E-state index in [1.807, 2.05) is 0 Å². The maximum absolute atomic E-state index is 9.04. The number of carbonyl (C=O) groups is 2. The Labute approximate surface area is 88.0 Å². The van der Waals surface area contributed by atoms with Gasteiger partial charge in [-0.2, -0.15) is 0 Å². The standard InChI is InChI=1S/C2H2O4.HNO3.H3N.Na/c3-1(4)2(5)6;2-1(3)4;;/h(H,3,4)(H,5,6);(H,2,3,4);1H3;/q;;;+1/p-1. The molecule has 9 nitrogen and oxygen atoms in total. The van der Waals surface area contributed by atoms with Crippen LogP contribution in [0, 0.1) is 10.1 Å². The number of carbonyl (C=O) groups excluding carboxylic acids is 1. The predicted octanol–water partition coefficient (Wildman–Crippen LogP) is -5.36. The van der Waals surface area contributed by atoms with Gasteiger partial charge in [0.05, 0.1) is 0 Å². The first-order chi connectivity index (χ1) is 4.37. The van der Waals surface area contributed by atoms with Gasteiger partial charge >= 0.3 is 35.5 Å². The van der Waals surface area contributed by atoms with Crippen LogP contribution in [0.1, 0.15) is 0 Å². The Bertz CT molecular complexity index is 141. The minimum absolute atomic E-state index is 0. The molecule has 0 amide bonds. The molecule has 0 aliphatic carbocycles. The molecule has 0 aromatic rings. The smallest absolute Gasteiger partial charge is 0.539 e. The fourth-order valence-corrected chi connectivity index (χ4v) is 0. The van der Waals surface area contributed by atoms with E-state index in [-0.39, 0.29) is 35.7 Å². The summed E-state index contributed by atoms with van der Waals surface area (Å²) in [5.41, 5.74) is 0. The van der Waals surface area contributed by atoms with Crippen LogP contribution in [0.25, 0.3) is 0 Å². The molecule has 0 aromatic heterocycles. The number of rotatable bonds is 0. The van der Waals surface area contributed by atoms with Crippen LogP contribution >= 0.6 is 0 Å². The van der Waals surface area contributed by atoms with Crippen LogP contribution in [0.2, 0.25) is 0 Å². The van der Waals surface area contributed by atoms with Crippen LogP contribution in [0.4, 0.5) is 0 Å². The molecule has 5 N–H and O–H groups in total. The molecule has 0 spiro atoms. The second-order valence-electron chi connectivity index (χ2n) is 0.830. The zero-order valence-electron chi connectivity index (χ0n) is 6.09. The van der Waals surface area contributed by atoms with Crippen LogP contribution in [0.15, 0.2) is 0 Å². The van der Waals surface area contributed by atoms with E-state index < -0.39 is 17.0 Å². The number of aliphatic carboxylic acids is 2. The average molecular weight is 192 g/mol. The van der Waals surface area contributed by atoms with E-state index in [1.54, 1.807) is 0 Å². The Hall–Kier alpha value is -0.900. The van der Waals surface area contributed by atoms with Crippen LogP contribution in [0.5, 0.6) is 0 Å². The summed E-state index contributed by atoms with van der Waals surface area (Å²) in [7, 11) is 0. The molecule has 0 saturated heterocycles. The van der Waals surface area contributed by atoms with Crippen molar-refractivity contribution in [3.63, 3.8) is 0 Å². The molecule has 0 unspecified atom stereocenters. The van der Waals surface area contributed by atoms with Crippen molar-refractivity contribution in [1.82, 2.24) is 6.15 Å². The molecule has 0 heterocycles. The summed E-state index contributed by atoms with van der Waals surface area (Å²) in [6, 6.07) is 0. The van der Waals surface area contributed by atoms with Gasteiger partial charge in [0.15, 0.2) is 5.97 Å². The second kappa shape index (κ2) is 12.7. The number of hydrogen-bond acceptors (Lipinski definition) is 6. The molecule has 0 saturated carbocycles. The van der Waals surface area contributed by atoms with Crippen LogP contribution < -0.4 is 40.8 Å². The average Bonchev–Trinajstić information content (AvgIpc) is 1.63. The number of hydrogen-bond donors (Lipinski definition) is 3. The van der Waals surface area contributed by atoms with Gasteiger partial charge < -0.3 is 26.4 Å². The van der Waals surface area contributed by atoms with Gasteiger partial charge in [-0.25, -0.2) is 4.79 Å². The summed E-state index contributed by atoms with van der Waals surface area (Å²) >= 11 is 0. The first-order valence-corrected chi connectivity index (χ1v) is 1.65. The summed E-state index contributed by atoms with van der Waals surface area (Å²) < 4.78 is 0. The Morgan fingerprint density at radius 3 is 1.42 bits per heavy atom. The van der Waals surface area contributed by atoms with Crippen molar-refractivity contribution in [2.45, 2.75) is 0 Å². The molecule has 0 rings (SSSR count). The van der Waals surface area contributed by atoms with E-state index in [4.69, 9.17) is 35.1 Å². The fraction of sp³-hybridized carbons (Fsp3) is 0. The van der Waals surface area contributed by atoms with E-state index in [2.05, 4.69) is 0 Å². The summed E-state index contributed by atoms with van der Waals surface area (Å²) in [6.45, 7) is 0. The topological polar surface area (TPSA) is 176 Å². The Kier molecular flexibility index (Phi) is 23.9. The summed E-state index contributed by atoms with van der Waals surface area (Å²) in [5.74, 6) is -4.01. The maximum atomic E-state index is 9.04. The van der Waals surface area contributed by atoms with Crippen molar-refractivity contribution in [3.05, 3.63) is 10.1 Å². The third-order valence-corrected chi connectivity index (χ3v) is 0.175. The van der Waals surface area contributed by atoms with Gasteiger partial charge in [0.2, 0.25) is 0 Å². The monoisotopic (exact) mass is 192 g/mol. The van der Waals surface area contributed by atoms with E-state index >= 15 is 0 Å². The molecule has 12 heavy (non-hydrogen) atoms. The van der Waals surface area contributed by atoms with Crippen molar-refractivity contribution in [1.29, 1.82) is 0 Å². The summed E-state index contributed by atoms with van der Waals surface area (Å²) in [5, 5.41) is 30.0.